The van der Waals surface area contributed by atoms with Gasteiger partial charge < -0.3 is 29.4 Å². The summed E-state index contributed by atoms with van der Waals surface area (Å²) in [6.45, 7) is 8.35. The summed E-state index contributed by atoms with van der Waals surface area (Å²) in [7, 11) is 1.57. The van der Waals surface area contributed by atoms with Gasteiger partial charge in [-0.3, -0.25) is 24.3 Å². The van der Waals surface area contributed by atoms with Crippen molar-refractivity contribution in [3.05, 3.63) is 88.1 Å². The van der Waals surface area contributed by atoms with Gasteiger partial charge in [0.05, 0.1) is 31.8 Å². The zero-order valence-corrected chi connectivity index (χ0v) is 36.3. The summed E-state index contributed by atoms with van der Waals surface area (Å²) in [6, 6.07) is 12.1. The Morgan fingerprint density at radius 2 is 1.77 bits per heavy atom. The van der Waals surface area contributed by atoms with Crippen molar-refractivity contribution >= 4 is 52.2 Å². The van der Waals surface area contributed by atoms with Crippen molar-refractivity contribution in [2.75, 3.05) is 33.5 Å². The van der Waals surface area contributed by atoms with Gasteiger partial charge in [-0.05, 0) is 137 Å². The van der Waals surface area contributed by atoms with Crippen LogP contribution >= 0.6 is 11.6 Å². The summed E-state index contributed by atoms with van der Waals surface area (Å²) < 4.78 is 24.0. The fourth-order valence-corrected chi connectivity index (χ4v) is 11.2. The number of rotatable bonds is 14. The molecule has 4 aliphatic rings. The van der Waals surface area contributed by atoms with E-state index in [0.29, 0.717) is 66.3 Å². The molecule has 7 rings (SSSR count). The lowest BCUT2D eigenvalue weighted by Gasteiger charge is -2.59. The number of esters is 1. The zero-order valence-electron chi connectivity index (χ0n) is 35.5. The van der Waals surface area contributed by atoms with Gasteiger partial charge in [-0.2, -0.15) is 0 Å². The maximum atomic E-state index is 14.2. The number of nitrogens with one attached hydrogen (secondary N) is 2. The van der Waals surface area contributed by atoms with E-state index in [9.17, 15) is 29.1 Å². The molecule has 3 fully saturated rings. The Morgan fingerprint density at radius 3 is 2.51 bits per heavy atom. The molecule has 0 aliphatic heterocycles. The van der Waals surface area contributed by atoms with E-state index in [1.807, 2.05) is 32.1 Å². The number of hydrogen-bond donors (Lipinski definition) is 3. The molecule has 0 radical (unpaired) electrons. The summed E-state index contributed by atoms with van der Waals surface area (Å²) >= 11 is 6.06. The predicted molar refractivity (Wildman–Crippen MR) is 228 cm³/mol. The van der Waals surface area contributed by atoms with Gasteiger partial charge in [0.2, 0.25) is 11.5 Å². The molecule has 326 valence electrons. The van der Waals surface area contributed by atoms with Crippen molar-refractivity contribution in [3.63, 3.8) is 0 Å². The fourth-order valence-electron chi connectivity index (χ4n) is 11.1. The number of ketones is 1. The topological polar surface area (TPSA) is 171 Å². The van der Waals surface area contributed by atoms with Crippen LogP contribution in [0.1, 0.15) is 87.3 Å². The maximum Gasteiger partial charge on any atom is 0.509 e. The number of fused-ring (bicyclic) bond motifs is 6. The van der Waals surface area contributed by atoms with E-state index in [-0.39, 0.29) is 68.0 Å². The van der Waals surface area contributed by atoms with Crippen LogP contribution in [0.2, 0.25) is 5.02 Å². The van der Waals surface area contributed by atoms with Gasteiger partial charge in [-0.15, -0.1) is 0 Å². The Bertz CT molecular complexity index is 2270. The number of nitrogens with zero attached hydrogens (tertiary/aromatic N) is 1. The van der Waals surface area contributed by atoms with Crippen molar-refractivity contribution < 1.29 is 48.0 Å². The Kier molecular flexibility index (Phi) is 12.9. The molecule has 14 heteroatoms. The highest BCUT2D eigenvalue weighted by molar-refractivity contribution is 6.30. The van der Waals surface area contributed by atoms with E-state index in [0.717, 1.165) is 22.9 Å². The number of amides is 1. The van der Waals surface area contributed by atoms with E-state index in [1.54, 1.807) is 61.1 Å². The number of carbonyl (C=O) groups excluding carboxylic acids is 5. The number of allylic oxidation sites excluding steroid dienone is 4. The Labute approximate surface area is 361 Å². The normalized spacial score (nSPS) is 27.7. The Balaban J connectivity index is 0.931. The Morgan fingerprint density at radius 1 is 1.02 bits per heavy atom. The number of unbranched alkanes of at least 4 members (excludes halogenated alkanes) is 1. The van der Waals surface area contributed by atoms with Crippen molar-refractivity contribution in [2.24, 2.45) is 28.6 Å². The van der Waals surface area contributed by atoms with Gasteiger partial charge in [-0.25, -0.2) is 9.59 Å². The lowest BCUT2D eigenvalue weighted by Crippen LogP contribution is -2.63. The Hall–Kier alpha value is -4.98. The minimum atomic E-state index is -1.66. The van der Waals surface area contributed by atoms with Crippen molar-refractivity contribution in [2.45, 2.75) is 90.8 Å². The third kappa shape index (κ3) is 8.12. The number of aromatic nitrogens is 1. The smallest absolute Gasteiger partial charge is 0.497 e. The summed E-state index contributed by atoms with van der Waals surface area (Å²) in [5, 5.41) is 19.3. The first-order valence-electron chi connectivity index (χ1n) is 21.3. The van der Waals surface area contributed by atoms with E-state index < -0.39 is 34.7 Å². The molecule has 13 nitrogen and oxygen atoms in total. The third-order valence-corrected chi connectivity index (χ3v) is 14.3. The largest absolute Gasteiger partial charge is 0.509 e. The summed E-state index contributed by atoms with van der Waals surface area (Å²) in [6.07, 6.45) is 7.36. The van der Waals surface area contributed by atoms with Gasteiger partial charge in [0, 0.05) is 45.0 Å². The lowest BCUT2D eigenvalue weighted by molar-refractivity contribution is -0.201. The summed E-state index contributed by atoms with van der Waals surface area (Å²) in [4.78, 5) is 66.3. The van der Waals surface area contributed by atoms with Crippen molar-refractivity contribution in [1.82, 2.24) is 15.2 Å². The number of methoxy groups -OCH3 is 1. The highest BCUT2D eigenvalue weighted by Crippen LogP contribution is 2.68. The van der Waals surface area contributed by atoms with E-state index in [2.05, 4.69) is 17.6 Å². The number of carbonyl (C=O) groups is 5. The van der Waals surface area contributed by atoms with Crippen LogP contribution in [0.3, 0.4) is 0 Å². The maximum absolute atomic E-state index is 14.2. The minimum Gasteiger partial charge on any atom is -0.497 e. The van der Waals surface area contributed by atoms with Crippen LogP contribution in [0, 0.1) is 35.5 Å². The first-order chi connectivity index (χ1) is 29.2. The second-order valence-corrected chi connectivity index (χ2v) is 17.7. The molecule has 0 spiro atoms. The standard InChI is InChI=1S/C47H56ClN3O10/c1-6-59-44(57)61-47(20-18-37-34-15-11-30-23-32(52)17-19-45(30,3)41(34)39(53)26-46(37,47)4)43(56)60-27-49-21-7-8-22-50-40(54)25-35-28(2)51(38-16-14-33(58-5)24-36(35)38)42(55)29-9-12-31(48)13-10-29/h9-10,12-14,16-17,19,23-24,34,37,39,41,49,53H,6-8,11,15,18,20-22,25-27H2,1-5H3,(H,50,54)/t34-,37?,39-,41?,45-,46-,47?/m1/s1. The molecule has 3 N–H and O–H groups in total. The molecular weight excluding hydrogens is 802 g/mol. The second-order valence-electron chi connectivity index (χ2n) is 17.3. The molecule has 3 saturated carbocycles. The second kappa shape index (κ2) is 17.8. The third-order valence-electron chi connectivity index (χ3n) is 14.0. The summed E-state index contributed by atoms with van der Waals surface area (Å²) in [5.74, 6) is -0.685. The average Bonchev–Trinajstić information content (AvgIpc) is 3.67. The molecule has 1 aromatic heterocycles. The molecular formula is C47H56ClN3O10. The molecule has 2 aromatic carbocycles. The molecule has 1 amide bonds. The van der Waals surface area contributed by atoms with Gasteiger partial charge in [0.15, 0.2) is 5.78 Å². The molecule has 3 unspecified atom stereocenters. The summed E-state index contributed by atoms with van der Waals surface area (Å²) in [5.41, 5.74) is 0.500. The number of ether oxygens (including phenoxy) is 4. The fraction of sp³-hybridized carbons (Fsp3) is 0.511. The molecule has 4 aliphatic carbocycles. The molecule has 3 aromatic rings. The number of halogens is 1. The van der Waals surface area contributed by atoms with Crippen LogP contribution in [0.15, 0.2) is 66.3 Å². The van der Waals surface area contributed by atoms with Gasteiger partial charge >= 0.3 is 12.1 Å². The van der Waals surface area contributed by atoms with Crippen LogP contribution in [0.25, 0.3) is 10.9 Å². The van der Waals surface area contributed by atoms with Crippen molar-refractivity contribution in [1.29, 1.82) is 0 Å². The van der Waals surface area contributed by atoms with Crippen LogP contribution in [0.5, 0.6) is 5.75 Å². The number of aliphatic hydroxyl groups excluding tert-OH is 1. The van der Waals surface area contributed by atoms with E-state index in [4.69, 9.17) is 30.5 Å². The first kappa shape index (κ1) is 44.1. The SMILES string of the molecule is CCOC(=O)OC1(C(=O)OCNCCCCNC(=O)Cc2c(C)n(C(=O)c3ccc(Cl)cc3)c3ccc(OC)cc23)CCC2[C@H]3CCC4=CC(=O)C=C[C@@]4(C)C3[C@H](O)C[C@]21C. The molecule has 1 heterocycles. The highest BCUT2D eigenvalue weighted by atomic mass is 35.5. The van der Waals surface area contributed by atoms with Gasteiger partial charge in [0.25, 0.3) is 5.91 Å². The predicted octanol–water partition coefficient (Wildman–Crippen LogP) is 7.02. The van der Waals surface area contributed by atoms with E-state index in [1.165, 1.54) is 0 Å². The van der Waals surface area contributed by atoms with Crippen LogP contribution in [-0.2, 0) is 35.0 Å². The minimum absolute atomic E-state index is 0.0325. The van der Waals surface area contributed by atoms with Gasteiger partial charge in [-0.1, -0.05) is 37.1 Å². The highest BCUT2D eigenvalue weighted by Gasteiger charge is 2.71. The first-order valence-corrected chi connectivity index (χ1v) is 21.7. The van der Waals surface area contributed by atoms with E-state index >= 15 is 0 Å². The molecule has 61 heavy (non-hydrogen) atoms. The van der Waals surface area contributed by atoms with Crippen LogP contribution < -0.4 is 15.4 Å². The van der Waals surface area contributed by atoms with Crippen LogP contribution in [-0.4, -0.2) is 84.6 Å². The molecule has 0 saturated heterocycles. The molecule has 0 bridgehead atoms. The number of hydrogen-bond acceptors (Lipinski definition) is 11. The average molecular weight is 858 g/mol. The number of benzene rings is 2. The van der Waals surface area contributed by atoms with Crippen molar-refractivity contribution in [3.8, 4) is 5.75 Å². The molecule has 7 atom stereocenters. The zero-order chi connectivity index (χ0) is 43.7. The lowest BCUT2D eigenvalue weighted by atomic mass is 9.46. The monoisotopic (exact) mass is 857 g/mol. The van der Waals surface area contributed by atoms with Gasteiger partial charge in [0.1, 0.15) is 12.5 Å². The number of aliphatic hydroxyl groups is 1. The van der Waals surface area contributed by atoms with Crippen LogP contribution in [0.4, 0.5) is 4.79 Å². The quantitative estimate of drug-likeness (QED) is 0.0865.